The first-order chi connectivity index (χ1) is 9.93. The second kappa shape index (κ2) is 6.19. The molecule has 3 nitrogen and oxygen atoms in total. The van der Waals surface area contributed by atoms with E-state index in [-0.39, 0.29) is 11.5 Å². The Morgan fingerprint density at radius 2 is 1.24 bits per heavy atom. The largest absolute Gasteiger partial charge is 0.508 e. The first-order valence-corrected chi connectivity index (χ1v) is 7.11. The summed E-state index contributed by atoms with van der Waals surface area (Å²) in [5, 5.41) is 19.8. The van der Waals surface area contributed by atoms with Crippen LogP contribution in [0.15, 0.2) is 48.5 Å². The molecule has 0 amide bonds. The fourth-order valence-electron chi connectivity index (χ4n) is 2.25. The van der Waals surface area contributed by atoms with Gasteiger partial charge in [0.15, 0.2) is 0 Å². The highest BCUT2D eigenvalue weighted by molar-refractivity contribution is 5.49. The molecule has 2 N–H and O–H groups in total. The number of hydrogen-bond donors (Lipinski definition) is 2. The van der Waals surface area contributed by atoms with E-state index >= 15 is 0 Å². The zero-order valence-electron chi connectivity index (χ0n) is 12.7. The molecule has 0 bridgehead atoms. The molecule has 1 aliphatic heterocycles. The summed E-state index contributed by atoms with van der Waals surface area (Å²) in [5.74, 6) is 0.501. The quantitative estimate of drug-likeness (QED) is 0.825. The molecule has 21 heavy (non-hydrogen) atoms. The molecule has 0 aliphatic carbocycles. The van der Waals surface area contributed by atoms with Gasteiger partial charge >= 0.3 is 0 Å². The Labute approximate surface area is 125 Å². The molecule has 0 spiro atoms. The number of benzene rings is 2. The van der Waals surface area contributed by atoms with E-state index in [4.69, 9.17) is 4.74 Å². The molecule has 0 saturated carbocycles. The van der Waals surface area contributed by atoms with Crippen LogP contribution in [0.1, 0.15) is 31.9 Å². The Balaban J connectivity index is 0.000000347. The van der Waals surface area contributed by atoms with Crippen LogP contribution in [-0.4, -0.2) is 22.9 Å². The second-order valence-corrected chi connectivity index (χ2v) is 5.80. The van der Waals surface area contributed by atoms with Crippen molar-refractivity contribution in [1.29, 1.82) is 0 Å². The lowest BCUT2D eigenvalue weighted by molar-refractivity contribution is 0.423. The smallest absolute Gasteiger partial charge is 0.119 e. The van der Waals surface area contributed by atoms with Crippen molar-refractivity contribution < 1.29 is 14.9 Å². The van der Waals surface area contributed by atoms with Crippen molar-refractivity contribution in [3.8, 4) is 11.5 Å². The van der Waals surface area contributed by atoms with Crippen molar-refractivity contribution in [1.82, 2.24) is 0 Å². The Morgan fingerprint density at radius 3 is 1.52 bits per heavy atom. The van der Waals surface area contributed by atoms with Crippen LogP contribution in [0.4, 0.5) is 0 Å². The number of ether oxygens (including phenoxy) is 1. The maximum absolute atomic E-state index is 9.92. The topological polar surface area (TPSA) is 53.0 Å². The summed E-state index contributed by atoms with van der Waals surface area (Å²) in [7, 11) is 0. The molecule has 1 heterocycles. The Hall–Kier alpha value is -2.00. The molecule has 0 radical (unpaired) electrons. The predicted octanol–water partition coefficient (Wildman–Crippen LogP) is 3.83. The molecule has 2 aromatic rings. The molecule has 3 rings (SSSR count). The third kappa shape index (κ3) is 3.76. The van der Waals surface area contributed by atoms with Crippen molar-refractivity contribution in [2.45, 2.75) is 32.3 Å². The normalized spacial score (nSPS) is 16.8. The zero-order chi connectivity index (χ0) is 15.5. The predicted molar refractivity (Wildman–Crippen MR) is 83.8 cm³/mol. The summed E-state index contributed by atoms with van der Waals surface area (Å²) in [4.78, 5) is 0. The molecule has 2 aromatic carbocycles. The first kappa shape index (κ1) is 15.4. The summed E-state index contributed by atoms with van der Waals surface area (Å²) in [5.41, 5.74) is 1.18. The van der Waals surface area contributed by atoms with Crippen molar-refractivity contribution in [3.63, 3.8) is 0 Å². The summed E-state index contributed by atoms with van der Waals surface area (Å²) in [6.45, 7) is 7.01. The first-order valence-electron chi connectivity index (χ1n) is 7.11. The Bertz CT molecular complexity index is 553. The number of phenolic OH excluding ortho intramolecular Hbond substituents is 2. The maximum atomic E-state index is 9.92. The highest BCUT2D eigenvalue weighted by Crippen LogP contribution is 2.39. The highest BCUT2D eigenvalue weighted by Gasteiger charge is 2.28. The van der Waals surface area contributed by atoms with Gasteiger partial charge in [-0.1, -0.05) is 50.2 Å². The molecular formula is C18H22O3. The van der Waals surface area contributed by atoms with Gasteiger partial charge in [-0.3, -0.25) is 0 Å². The van der Waals surface area contributed by atoms with Crippen LogP contribution in [0.3, 0.4) is 0 Å². The minimum atomic E-state index is -0.434. The number of para-hydroxylation sites is 2. The molecule has 1 atom stereocenters. The van der Waals surface area contributed by atoms with E-state index in [2.05, 4.69) is 6.92 Å². The highest BCUT2D eigenvalue weighted by atomic mass is 16.6. The van der Waals surface area contributed by atoms with Gasteiger partial charge in [0.2, 0.25) is 0 Å². The van der Waals surface area contributed by atoms with Crippen LogP contribution in [-0.2, 0) is 10.2 Å². The number of rotatable bonds is 2. The Kier molecular flexibility index (Phi) is 4.53. The number of epoxide rings is 1. The van der Waals surface area contributed by atoms with Crippen LogP contribution in [0, 0.1) is 0 Å². The number of hydrogen-bond acceptors (Lipinski definition) is 3. The minimum absolute atomic E-state index is 0.251. The molecule has 0 aromatic heterocycles. The summed E-state index contributed by atoms with van der Waals surface area (Å²) < 4.78 is 4.71. The SMILES string of the molecule is CC(C)(c1ccccc1O)c1ccccc1O.CC1CO1. The summed E-state index contributed by atoms with van der Waals surface area (Å²) in [6, 6.07) is 14.4. The van der Waals surface area contributed by atoms with Crippen LogP contribution in [0.25, 0.3) is 0 Å². The maximum Gasteiger partial charge on any atom is 0.119 e. The lowest BCUT2D eigenvalue weighted by Gasteiger charge is -2.27. The summed E-state index contributed by atoms with van der Waals surface area (Å²) >= 11 is 0. The van der Waals surface area contributed by atoms with Crippen molar-refractivity contribution in [2.75, 3.05) is 6.61 Å². The van der Waals surface area contributed by atoms with Gasteiger partial charge in [-0.05, 0) is 19.1 Å². The van der Waals surface area contributed by atoms with Gasteiger partial charge in [-0.25, -0.2) is 0 Å². The van der Waals surface area contributed by atoms with Gasteiger partial charge in [0.1, 0.15) is 11.5 Å². The van der Waals surface area contributed by atoms with E-state index in [1.807, 2.05) is 38.1 Å². The van der Waals surface area contributed by atoms with Gasteiger partial charge in [0.25, 0.3) is 0 Å². The molecule has 1 aliphatic rings. The van der Waals surface area contributed by atoms with Crippen LogP contribution >= 0.6 is 0 Å². The average molecular weight is 286 g/mol. The minimum Gasteiger partial charge on any atom is -0.508 e. The van der Waals surface area contributed by atoms with Crippen LogP contribution < -0.4 is 0 Å². The van der Waals surface area contributed by atoms with E-state index in [1.165, 1.54) is 0 Å². The number of phenols is 2. The van der Waals surface area contributed by atoms with Gasteiger partial charge in [-0.2, -0.15) is 0 Å². The van der Waals surface area contributed by atoms with Crippen molar-refractivity contribution in [2.24, 2.45) is 0 Å². The molecule has 1 saturated heterocycles. The van der Waals surface area contributed by atoms with Gasteiger partial charge < -0.3 is 14.9 Å². The van der Waals surface area contributed by atoms with Gasteiger partial charge in [0.05, 0.1) is 12.7 Å². The van der Waals surface area contributed by atoms with Gasteiger partial charge in [-0.15, -0.1) is 0 Å². The second-order valence-electron chi connectivity index (χ2n) is 5.80. The fourth-order valence-corrected chi connectivity index (χ4v) is 2.25. The van der Waals surface area contributed by atoms with Crippen LogP contribution in [0.2, 0.25) is 0 Å². The zero-order valence-corrected chi connectivity index (χ0v) is 12.7. The third-order valence-corrected chi connectivity index (χ3v) is 3.65. The molecule has 1 unspecified atom stereocenters. The van der Waals surface area contributed by atoms with Crippen LogP contribution in [0.5, 0.6) is 11.5 Å². The van der Waals surface area contributed by atoms with Gasteiger partial charge in [0, 0.05) is 16.5 Å². The van der Waals surface area contributed by atoms with Crippen molar-refractivity contribution in [3.05, 3.63) is 59.7 Å². The monoisotopic (exact) mass is 286 g/mol. The number of aromatic hydroxyl groups is 2. The van der Waals surface area contributed by atoms with E-state index in [1.54, 1.807) is 24.3 Å². The van der Waals surface area contributed by atoms with E-state index in [0.29, 0.717) is 6.10 Å². The summed E-state index contributed by atoms with van der Waals surface area (Å²) in [6.07, 6.45) is 0.583. The van der Waals surface area contributed by atoms with E-state index < -0.39 is 5.41 Å². The lowest BCUT2D eigenvalue weighted by Crippen LogP contribution is -2.19. The van der Waals surface area contributed by atoms with E-state index in [0.717, 1.165) is 17.7 Å². The molecular weight excluding hydrogens is 264 g/mol. The molecule has 1 fully saturated rings. The van der Waals surface area contributed by atoms with Crippen molar-refractivity contribution >= 4 is 0 Å². The standard InChI is InChI=1S/C15H16O2.C3H6O/c1-15(2,11-7-3-5-9-13(11)16)12-8-4-6-10-14(12)17;1-3-2-4-3/h3-10,16-17H,1-2H3;3H,2H2,1H3. The fraction of sp³-hybridized carbons (Fsp3) is 0.333. The lowest BCUT2D eigenvalue weighted by atomic mass is 9.77. The molecule has 3 heteroatoms. The average Bonchev–Trinajstić information content (AvgIpc) is 3.22. The third-order valence-electron chi connectivity index (χ3n) is 3.65. The molecule has 112 valence electrons. The Morgan fingerprint density at radius 1 is 0.905 bits per heavy atom. The van der Waals surface area contributed by atoms with E-state index in [9.17, 15) is 10.2 Å².